The number of nitriles is 1. The van der Waals surface area contributed by atoms with Crippen molar-refractivity contribution in [2.45, 2.75) is 32.6 Å². The molecule has 1 unspecified atom stereocenters. The van der Waals surface area contributed by atoms with E-state index in [0.717, 1.165) is 5.56 Å². The predicted octanol–water partition coefficient (Wildman–Crippen LogP) is 2.21. The van der Waals surface area contributed by atoms with E-state index < -0.39 is 5.41 Å². The Kier molecular flexibility index (Phi) is 6.20. The van der Waals surface area contributed by atoms with Gasteiger partial charge in [-0.05, 0) is 25.8 Å². The van der Waals surface area contributed by atoms with Gasteiger partial charge in [-0.2, -0.15) is 5.26 Å². The summed E-state index contributed by atoms with van der Waals surface area (Å²) in [5.41, 5.74) is 0.449. The Morgan fingerprint density at radius 2 is 2.05 bits per heavy atom. The number of nitrogens with zero attached hydrogens (tertiary/aromatic N) is 1. The van der Waals surface area contributed by atoms with E-state index in [9.17, 15) is 4.79 Å². The molecule has 0 aliphatic heterocycles. The van der Waals surface area contributed by atoms with Gasteiger partial charge in [-0.3, -0.25) is 4.79 Å². The summed E-state index contributed by atoms with van der Waals surface area (Å²) in [5, 5.41) is 20.9. The molecule has 1 aromatic rings. The summed E-state index contributed by atoms with van der Waals surface area (Å²) in [4.78, 5) is 11.8. The number of amides is 1. The van der Waals surface area contributed by atoms with Crippen LogP contribution in [0.4, 0.5) is 0 Å². The summed E-state index contributed by atoms with van der Waals surface area (Å²) in [6, 6.07) is 11.9. The summed E-state index contributed by atoms with van der Waals surface area (Å²) < 4.78 is 0. The fourth-order valence-electron chi connectivity index (χ4n) is 2.01. The van der Waals surface area contributed by atoms with Crippen LogP contribution < -0.4 is 5.32 Å². The number of rotatable bonds is 7. The quantitative estimate of drug-likeness (QED) is 0.800. The molecule has 1 atom stereocenters. The Morgan fingerprint density at radius 1 is 1.40 bits per heavy atom. The minimum Gasteiger partial charge on any atom is -0.396 e. The molecule has 0 spiro atoms. The van der Waals surface area contributed by atoms with Gasteiger partial charge >= 0.3 is 0 Å². The summed E-state index contributed by atoms with van der Waals surface area (Å²) in [5.74, 6) is -0.0363. The number of benzene rings is 1. The van der Waals surface area contributed by atoms with Crippen LogP contribution in [0, 0.1) is 16.7 Å². The van der Waals surface area contributed by atoms with Gasteiger partial charge in [0.15, 0.2) is 0 Å². The van der Waals surface area contributed by atoms with Gasteiger partial charge in [0.2, 0.25) is 5.91 Å². The summed E-state index contributed by atoms with van der Waals surface area (Å²) >= 11 is 0. The van der Waals surface area contributed by atoms with Crippen molar-refractivity contribution >= 4 is 5.91 Å². The van der Waals surface area contributed by atoms with Crippen LogP contribution in [0.1, 0.15) is 38.2 Å². The maximum atomic E-state index is 11.8. The molecule has 0 saturated heterocycles. The number of nitrogens with one attached hydrogen (secondary N) is 1. The smallest absolute Gasteiger partial charge is 0.221 e. The molecule has 0 aliphatic rings. The average Bonchev–Trinajstić information content (AvgIpc) is 2.44. The number of aliphatic hydroxyl groups excluding tert-OH is 1. The molecule has 0 aliphatic carbocycles. The molecule has 0 radical (unpaired) electrons. The van der Waals surface area contributed by atoms with Crippen LogP contribution in [0.2, 0.25) is 0 Å². The minimum atomic E-state index is -0.649. The fourth-order valence-corrected chi connectivity index (χ4v) is 2.01. The lowest BCUT2D eigenvalue weighted by molar-refractivity contribution is -0.122. The van der Waals surface area contributed by atoms with E-state index in [2.05, 4.69) is 11.4 Å². The molecular weight excluding hydrogens is 252 g/mol. The van der Waals surface area contributed by atoms with Gasteiger partial charge in [-0.1, -0.05) is 30.3 Å². The molecule has 1 aromatic carbocycles. The molecule has 4 nitrogen and oxygen atoms in total. The topological polar surface area (TPSA) is 73.1 Å². The first-order chi connectivity index (χ1) is 9.48. The Balaban J connectivity index is 2.56. The fraction of sp³-hybridized carbons (Fsp3) is 0.500. The summed E-state index contributed by atoms with van der Waals surface area (Å²) in [7, 11) is 0. The molecule has 20 heavy (non-hydrogen) atoms. The van der Waals surface area contributed by atoms with E-state index in [0.29, 0.717) is 13.0 Å². The monoisotopic (exact) mass is 274 g/mol. The standard InChI is InChI=1S/C16H22N2O2/c1-16(2,12-17)10-15(20)18-11-14(8-9-19)13-6-4-3-5-7-13/h3-7,14,19H,8-11H2,1-2H3,(H,18,20). The number of carbonyl (C=O) groups is 1. The highest BCUT2D eigenvalue weighted by Gasteiger charge is 2.22. The van der Waals surface area contributed by atoms with Gasteiger partial charge < -0.3 is 10.4 Å². The molecular formula is C16H22N2O2. The zero-order valence-electron chi connectivity index (χ0n) is 12.1. The highest BCUT2D eigenvalue weighted by Crippen LogP contribution is 2.20. The molecule has 1 amide bonds. The molecule has 1 rings (SSSR count). The zero-order chi connectivity index (χ0) is 15.0. The second-order valence-electron chi connectivity index (χ2n) is 5.60. The lowest BCUT2D eigenvalue weighted by Gasteiger charge is -2.19. The molecule has 0 fully saturated rings. The van der Waals surface area contributed by atoms with Gasteiger partial charge in [0.25, 0.3) is 0 Å². The number of carbonyl (C=O) groups excluding carboxylic acids is 1. The molecule has 0 bridgehead atoms. The molecule has 0 saturated carbocycles. The van der Waals surface area contributed by atoms with E-state index in [-0.39, 0.29) is 24.9 Å². The minimum absolute atomic E-state index is 0.0825. The SMILES string of the molecule is CC(C)(C#N)CC(=O)NCC(CCO)c1ccccc1. The summed E-state index contributed by atoms with van der Waals surface area (Å²) in [6.45, 7) is 4.05. The number of hydrogen-bond acceptors (Lipinski definition) is 3. The average molecular weight is 274 g/mol. The van der Waals surface area contributed by atoms with Crippen molar-refractivity contribution in [2.75, 3.05) is 13.2 Å². The first-order valence-corrected chi connectivity index (χ1v) is 6.82. The van der Waals surface area contributed by atoms with Crippen LogP contribution in [-0.4, -0.2) is 24.2 Å². The van der Waals surface area contributed by atoms with Crippen molar-refractivity contribution in [1.29, 1.82) is 5.26 Å². The van der Waals surface area contributed by atoms with Crippen molar-refractivity contribution in [1.82, 2.24) is 5.32 Å². The lowest BCUT2D eigenvalue weighted by atomic mass is 9.90. The third kappa shape index (κ3) is 5.41. The van der Waals surface area contributed by atoms with Crippen LogP contribution in [0.15, 0.2) is 30.3 Å². The van der Waals surface area contributed by atoms with Crippen molar-refractivity contribution in [2.24, 2.45) is 5.41 Å². The number of hydrogen-bond donors (Lipinski definition) is 2. The lowest BCUT2D eigenvalue weighted by Crippen LogP contribution is -2.32. The maximum Gasteiger partial charge on any atom is 0.221 e. The Hall–Kier alpha value is -1.86. The first-order valence-electron chi connectivity index (χ1n) is 6.82. The predicted molar refractivity (Wildman–Crippen MR) is 77.9 cm³/mol. The molecule has 2 N–H and O–H groups in total. The van der Waals surface area contributed by atoms with Crippen LogP contribution in [0.5, 0.6) is 0 Å². The largest absolute Gasteiger partial charge is 0.396 e. The Morgan fingerprint density at radius 3 is 2.60 bits per heavy atom. The van der Waals surface area contributed by atoms with E-state index in [1.807, 2.05) is 30.3 Å². The maximum absolute atomic E-state index is 11.8. The highest BCUT2D eigenvalue weighted by molar-refractivity contribution is 5.77. The Bertz CT molecular complexity index is 463. The first kappa shape index (κ1) is 16.2. The van der Waals surface area contributed by atoms with Crippen LogP contribution in [0.25, 0.3) is 0 Å². The number of aliphatic hydroxyl groups is 1. The van der Waals surface area contributed by atoms with Crippen LogP contribution >= 0.6 is 0 Å². The van der Waals surface area contributed by atoms with Gasteiger partial charge in [-0.25, -0.2) is 0 Å². The van der Waals surface area contributed by atoms with Gasteiger partial charge in [0.05, 0.1) is 11.5 Å². The van der Waals surface area contributed by atoms with Crippen molar-refractivity contribution in [3.05, 3.63) is 35.9 Å². The molecule has 0 heterocycles. The van der Waals surface area contributed by atoms with Gasteiger partial charge in [-0.15, -0.1) is 0 Å². The van der Waals surface area contributed by atoms with Gasteiger partial charge in [0.1, 0.15) is 0 Å². The van der Waals surface area contributed by atoms with E-state index >= 15 is 0 Å². The second-order valence-corrected chi connectivity index (χ2v) is 5.60. The second kappa shape index (κ2) is 7.66. The summed E-state index contributed by atoms with van der Waals surface area (Å²) in [6.07, 6.45) is 0.788. The molecule has 0 aromatic heterocycles. The van der Waals surface area contributed by atoms with E-state index in [4.69, 9.17) is 10.4 Å². The normalized spacial score (nSPS) is 12.5. The Labute approximate surface area is 120 Å². The molecule has 108 valence electrons. The van der Waals surface area contributed by atoms with Crippen LogP contribution in [-0.2, 0) is 4.79 Å². The zero-order valence-corrected chi connectivity index (χ0v) is 12.1. The van der Waals surface area contributed by atoms with E-state index in [1.165, 1.54) is 0 Å². The highest BCUT2D eigenvalue weighted by atomic mass is 16.3. The third-order valence-corrected chi connectivity index (χ3v) is 3.20. The van der Waals surface area contributed by atoms with Gasteiger partial charge in [0, 0.05) is 25.5 Å². The third-order valence-electron chi connectivity index (χ3n) is 3.20. The van der Waals surface area contributed by atoms with Crippen molar-refractivity contribution < 1.29 is 9.90 Å². The van der Waals surface area contributed by atoms with E-state index in [1.54, 1.807) is 13.8 Å². The van der Waals surface area contributed by atoms with Crippen molar-refractivity contribution in [3.63, 3.8) is 0 Å². The van der Waals surface area contributed by atoms with Crippen molar-refractivity contribution in [3.8, 4) is 6.07 Å². The van der Waals surface area contributed by atoms with Crippen LogP contribution in [0.3, 0.4) is 0 Å². The molecule has 4 heteroatoms.